The highest BCUT2D eigenvalue weighted by Crippen LogP contribution is 2.48. The molecule has 27 heavy (non-hydrogen) atoms. The van der Waals surface area contributed by atoms with Crippen LogP contribution in [-0.2, 0) is 22.6 Å². The fourth-order valence-corrected chi connectivity index (χ4v) is 4.03. The molecule has 2 fully saturated rings. The predicted octanol–water partition coefficient (Wildman–Crippen LogP) is 3.22. The van der Waals surface area contributed by atoms with Crippen molar-refractivity contribution >= 4 is 17.7 Å². The molecule has 1 N–H and O–H groups in total. The van der Waals surface area contributed by atoms with Crippen molar-refractivity contribution in [3.05, 3.63) is 48.2 Å². The van der Waals surface area contributed by atoms with Gasteiger partial charge in [-0.2, -0.15) is 0 Å². The lowest BCUT2D eigenvalue weighted by atomic mass is 9.89. The molecule has 1 aromatic heterocycles. The number of ether oxygens (including phenoxy) is 1. The van der Waals surface area contributed by atoms with Gasteiger partial charge in [-0.15, -0.1) is 0 Å². The summed E-state index contributed by atoms with van der Waals surface area (Å²) in [6.07, 6.45) is 5.49. The van der Waals surface area contributed by atoms with E-state index in [1.54, 1.807) is 6.92 Å². The van der Waals surface area contributed by atoms with Crippen molar-refractivity contribution in [2.45, 2.75) is 38.8 Å². The molecule has 0 bridgehead atoms. The van der Waals surface area contributed by atoms with Gasteiger partial charge in [0, 0.05) is 25.2 Å². The Kier molecular flexibility index (Phi) is 4.83. The maximum Gasteiger partial charge on any atom is 0.412 e. The van der Waals surface area contributed by atoms with Gasteiger partial charge in [0.25, 0.3) is 0 Å². The Morgan fingerprint density at radius 3 is 2.85 bits per heavy atom. The molecule has 4 rings (SSSR count). The molecule has 2 amide bonds. The summed E-state index contributed by atoms with van der Waals surface area (Å²) in [4.78, 5) is 29.2. The smallest absolute Gasteiger partial charge is 0.412 e. The first-order valence-electron chi connectivity index (χ1n) is 9.27. The molecule has 1 aliphatic heterocycles. The maximum atomic E-state index is 11.8. The summed E-state index contributed by atoms with van der Waals surface area (Å²) in [6, 6.07) is 8.32. The molecule has 2 heterocycles. The van der Waals surface area contributed by atoms with Crippen molar-refractivity contribution in [3.8, 4) is 0 Å². The molecule has 1 aromatic carbocycles. The van der Waals surface area contributed by atoms with Crippen LogP contribution in [0.1, 0.15) is 31.1 Å². The van der Waals surface area contributed by atoms with E-state index in [-0.39, 0.29) is 12.5 Å². The zero-order chi connectivity index (χ0) is 18.8. The highest BCUT2D eigenvalue weighted by molar-refractivity contribution is 5.84. The summed E-state index contributed by atoms with van der Waals surface area (Å²) in [7, 11) is 0. The van der Waals surface area contributed by atoms with Gasteiger partial charge < -0.3 is 14.1 Å². The second-order valence-electron chi connectivity index (χ2n) is 7.30. The average molecular weight is 369 g/mol. The van der Waals surface area contributed by atoms with E-state index in [9.17, 15) is 9.59 Å². The fraction of sp³-hybridized carbons (Fsp3) is 0.450. The summed E-state index contributed by atoms with van der Waals surface area (Å²) in [5.74, 6) is 1.98. The van der Waals surface area contributed by atoms with Crippen molar-refractivity contribution in [3.63, 3.8) is 0 Å². The van der Waals surface area contributed by atoms with Crippen molar-refractivity contribution in [1.82, 2.24) is 9.88 Å². The number of aromatic nitrogens is 1. The van der Waals surface area contributed by atoms with Crippen molar-refractivity contribution < 1.29 is 18.7 Å². The Labute approximate surface area is 157 Å². The average Bonchev–Trinajstić information content (AvgIpc) is 3.28. The lowest BCUT2D eigenvalue weighted by molar-refractivity contribution is -0.130. The number of fused-ring (bicyclic) bond motifs is 1. The zero-order valence-electron chi connectivity index (χ0n) is 15.3. The van der Waals surface area contributed by atoms with Crippen molar-refractivity contribution in [2.24, 2.45) is 11.8 Å². The first-order chi connectivity index (χ1) is 13.1. The molecule has 3 unspecified atom stereocenters. The van der Waals surface area contributed by atoms with E-state index in [0.717, 1.165) is 25.8 Å². The molecule has 142 valence electrons. The molecule has 2 aliphatic rings. The Balaban J connectivity index is 1.26. The number of likely N-dealkylation sites (tertiary alicyclic amines) is 1. The number of benzene rings is 1. The van der Waals surface area contributed by atoms with E-state index in [4.69, 9.17) is 9.15 Å². The third kappa shape index (κ3) is 4.13. The van der Waals surface area contributed by atoms with Gasteiger partial charge in [0.05, 0.1) is 6.20 Å². The number of piperidine rings is 1. The minimum atomic E-state index is -0.531. The predicted molar refractivity (Wildman–Crippen MR) is 97.8 cm³/mol. The van der Waals surface area contributed by atoms with Crippen LogP contribution in [-0.4, -0.2) is 34.5 Å². The van der Waals surface area contributed by atoms with Gasteiger partial charge in [-0.3, -0.25) is 10.1 Å². The lowest BCUT2D eigenvalue weighted by Gasteiger charge is -2.30. The van der Waals surface area contributed by atoms with Crippen LogP contribution in [0, 0.1) is 11.8 Å². The van der Waals surface area contributed by atoms with Crippen molar-refractivity contribution in [1.29, 1.82) is 0 Å². The van der Waals surface area contributed by atoms with Gasteiger partial charge in [0.1, 0.15) is 0 Å². The number of rotatable bonds is 5. The van der Waals surface area contributed by atoms with E-state index in [1.165, 1.54) is 18.2 Å². The number of nitrogens with one attached hydrogen (secondary N) is 1. The van der Waals surface area contributed by atoms with Gasteiger partial charge in [-0.1, -0.05) is 12.1 Å². The summed E-state index contributed by atoms with van der Waals surface area (Å²) >= 11 is 0. The normalized spacial score (nSPS) is 23.4. The molecule has 2 aromatic rings. The molecule has 1 saturated carbocycles. The number of carbonyl (C=O) groups excluding carboxylic acids is 2. The number of nitrogens with zero attached hydrogens (tertiary/aromatic N) is 2. The molecular formula is C20H23N3O4. The Hall–Kier alpha value is -2.83. The second-order valence-corrected chi connectivity index (χ2v) is 7.30. The third-order valence-electron chi connectivity index (χ3n) is 5.48. The van der Waals surface area contributed by atoms with Crippen LogP contribution < -0.4 is 5.32 Å². The van der Waals surface area contributed by atoms with Crippen LogP contribution >= 0.6 is 0 Å². The second kappa shape index (κ2) is 7.42. The Morgan fingerprint density at radius 2 is 2.15 bits per heavy atom. The number of amides is 2. The van der Waals surface area contributed by atoms with E-state index in [0.29, 0.717) is 29.3 Å². The molecule has 0 radical (unpaired) electrons. The van der Waals surface area contributed by atoms with E-state index < -0.39 is 6.09 Å². The molecule has 7 heteroatoms. The lowest BCUT2D eigenvalue weighted by Crippen LogP contribution is -2.39. The molecule has 1 aliphatic carbocycles. The molecule has 7 nitrogen and oxygen atoms in total. The van der Waals surface area contributed by atoms with E-state index >= 15 is 0 Å². The highest BCUT2D eigenvalue weighted by atomic mass is 16.6. The molecule has 0 spiro atoms. The van der Waals surface area contributed by atoms with Gasteiger partial charge in [-0.05, 0) is 48.8 Å². The fourth-order valence-electron chi connectivity index (χ4n) is 4.03. The van der Waals surface area contributed by atoms with Crippen LogP contribution in [0.5, 0.6) is 0 Å². The number of anilines is 1. The van der Waals surface area contributed by atoms with Crippen LogP contribution in [0.15, 0.2) is 41.3 Å². The molecule has 3 atom stereocenters. The standard InChI is InChI=1S/C20H23N3O4/c1-13(24)23-7-6-15(18-9-19(18)23)8-14-2-4-16(5-3-14)22-20(25)26-11-17-10-21-12-27-17/h2-5,10,12,15,18-19H,6-9,11H2,1H3,(H,22,25). The number of oxazole rings is 1. The van der Waals surface area contributed by atoms with Crippen LogP contribution in [0.4, 0.5) is 10.5 Å². The van der Waals surface area contributed by atoms with Crippen LogP contribution in [0.3, 0.4) is 0 Å². The first kappa shape index (κ1) is 17.6. The summed E-state index contributed by atoms with van der Waals surface area (Å²) in [5.41, 5.74) is 1.94. The van der Waals surface area contributed by atoms with Crippen LogP contribution in [0.2, 0.25) is 0 Å². The minimum absolute atomic E-state index is 0.0471. The SMILES string of the molecule is CC(=O)N1CCC(Cc2ccc(NC(=O)OCc3cnco3)cc2)C2CC21. The minimum Gasteiger partial charge on any atom is -0.445 e. The largest absolute Gasteiger partial charge is 0.445 e. The topological polar surface area (TPSA) is 84.7 Å². The Morgan fingerprint density at radius 1 is 1.33 bits per heavy atom. The monoisotopic (exact) mass is 369 g/mol. The van der Waals surface area contributed by atoms with Crippen LogP contribution in [0.25, 0.3) is 0 Å². The van der Waals surface area contributed by atoms with Gasteiger partial charge >= 0.3 is 6.09 Å². The van der Waals surface area contributed by atoms with Gasteiger partial charge in [-0.25, -0.2) is 9.78 Å². The molecule has 1 saturated heterocycles. The summed E-state index contributed by atoms with van der Waals surface area (Å²) in [5, 5.41) is 2.70. The third-order valence-corrected chi connectivity index (χ3v) is 5.48. The summed E-state index contributed by atoms with van der Waals surface area (Å²) < 4.78 is 10.1. The highest BCUT2D eigenvalue weighted by Gasteiger charge is 2.50. The zero-order valence-corrected chi connectivity index (χ0v) is 15.3. The van der Waals surface area contributed by atoms with Gasteiger partial charge in [0.15, 0.2) is 18.8 Å². The van der Waals surface area contributed by atoms with E-state index in [2.05, 4.69) is 10.3 Å². The summed E-state index contributed by atoms with van der Waals surface area (Å²) in [6.45, 7) is 2.58. The Bertz CT molecular complexity index is 803. The first-order valence-corrected chi connectivity index (χ1v) is 9.27. The number of hydrogen-bond acceptors (Lipinski definition) is 5. The quantitative estimate of drug-likeness (QED) is 0.875. The van der Waals surface area contributed by atoms with Gasteiger partial charge in [0.2, 0.25) is 5.91 Å². The number of hydrogen-bond donors (Lipinski definition) is 1. The van der Waals surface area contributed by atoms with E-state index in [1.807, 2.05) is 29.2 Å². The number of carbonyl (C=O) groups is 2. The molecular weight excluding hydrogens is 346 g/mol. The van der Waals surface area contributed by atoms with Crippen molar-refractivity contribution in [2.75, 3.05) is 11.9 Å². The maximum absolute atomic E-state index is 11.8.